The first kappa shape index (κ1) is 62.8. The summed E-state index contributed by atoms with van der Waals surface area (Å²) in [4.78, 5) is 24.4. The van der Waals surface area contributed by atoms with E-state index in [0.717, 1.165) is 51.4 Å². The third-order valence-electron chi connectivity index (χ3n) is 12.8. The van der Waals surface area contributed by atoms with E-state index < -0.39 is 12.1 Å². The third kappa shape index (κ3) is 51.1. The predicted molar refractivity (Wildman–Crippen MR) is 282 cm³/mol. The van der Waals surface area contributed by atoms with E-state index in [1.807, 2.05) is 6.08 Å². The van der Waals surface area contributed by atoms with Crippen molar-refractivity contribution < 1.29 is 24.5 Å². The lowest BCUT2D eigenvalue weighted by atomic mass is 10.0. The van der Waals surface area contributed by atoms with Crippen LogP contribution in [0.5, 0.6) is 0 Å². The molecule has 0 bridgehead atoms. The molecule has 0 saturated heterocycles. The SMILES string of the molecule is CCCCCC/C=C\CCCCCCCC(=O)OCC/C=C\C/C=C\CCCCCCCCCCCCCCCCC(=O)NC(CO)C(O)/C=C/CCCCCCCCCCCCCC. The molecular formula is C59H109NO5. The van der Waals surface area contributed by atoms with Gasteiger partial charge < -0.3 is 20.3 Å². The van der Waals surface area contributed by atoms with Crippen LogP contribution in [0, 0.1) is 0 Å². The molecule has 0 spiro atoms. The first-order valence-electron chi connectivity index (χ1n) is 28.4. The van der Waals surface area contributed by atoms with Gasteiger partial charge in [-0.25, -0.2) is 0 Å². The normalized spacial score (nSPS) is 13.0. The van der Waals surface area contributed by atoms with Gasteiger partial charge in [-0.2, -0.15) is 0 Å². The smallest absolute Gasteiger partial charge is 0.305 e. The van der Waals surface area contributed by atoms with Gasteiger partial charge in [0.05, 0.1) is 25.4 Å². The van der Waals surface area contributed by atoms with Crippen molar-refractivity contribution in [3.05, 3.63) is 48.6 Å². The highest BCUT2D eigenvalue weighted by atomic mass is 16.5. The van der Waals surface area contributed by atoms with Crippen LogP contribution in [-0.4, -0.2) is 47.4 Å². The Bertz CT molecular complexity index is 1100. The Hall–Kier alpha value is -2.18. The number of ether oxygens (including phenoxy) is 1. The molecule has 0 saturated carbocycles. The van der Waals surface area contributed by atoms with Crippen LogP contribution in [0.15, 0.2) is 48.6 Å². The summed E-state index contributed by atoms with van der Waals surface area (Å²) in [6.07, 6.45) is 68.6. The number of carbonyl (C=O) groups is 2. The number of rotatable bonds is 52. The van der Waals surface area contributed by atoms with Gasteiger partial charge in [0, 0.05) is 12.8 Å². The van der Waals surface area contributed by atoms with E-state index >= 15 is 0 Å². The molecule has 0 aliphatic carbocycles. The van der Waals surface area contributed by atoms with Crippen LogP contribution in [0.3, 0.4) is 0 Å². The molecule has 65 heavy (non-hydrogen) atoms. The molecule has 6 heteroatoms. The summed E-state index contributed by atoms with van der Waals surface area (Å²) >= 11 is 0. The minimum Gasteiger partial charge on any atom is -0.465 e. The second-order valence-electron chi connectivity index (χ2n) is 19.3. The standard InChI is InChI=1S/C59H109NO5/c1-3-5-7-9-11-13-15-17-28-31-35-39-43-47-51-57(62)56(55-61)60-58(63)52-48-44-40-36-32-29-25-23-21-19-18-20-22-24-26-30-34-38-42-46-50-54-65-59(64)53-49-45-41-37-33-27-16-14-12-10-8-6-4-2/h14,16,30,34,42,46-47,51,56-57,61-62H,3-13,15,17-29,31-33,35-41,43-45,48-50,52-55H2,1-2H3,(H,60,63)/b16-14-,34-30-,46-42-,51-47+. The third-order valence-corrected chi connectivity index (χ3v) is 12.8. The van der Waals surface area contributed by atoms with Crippen LogP contribution >= 0.6 is 0 Å². The molecule has 1 amide bonds. The number of aliphatic hydroxyl groups is 2. The Kier molecular flexibility index (Phi) is 52.6. The summed E-state index contributed by atoms with van der Waals surface area (Å²) in [6, 6.07) is -0.632. The molecule has 0 aromatic carbocycles. The van der Waals surface area contributed by atoms with E-state index in [1.54, 1.807) is 6.08 Å². The molecule has 0 heterocycles. The number of hydrogen-bond donors (Lipinski definition) is 3. The summed E-state index contributed by atoms with van der Waals surface area (Å²) in [6.45, 7) is 4.77. The fraction of sp³-hybridized carbons (Fsp3) is 0.831. The number of nitrogens with one attached hydrogen (secondary N) is 1. The van der Waals surface area contributed by atoms with Gasteiger partial charge in [0.15, 0.2) is 0 Å². The number of amides is 1. The van der Waals surface area contributed by atoms with Gasteiger partial charge >= 0.3 is 5.97 Å². The number of aliphatic hydroxyl groups excluding tert-OH is 2. The molecule has 0 aliphatic rings. The monoisotopic (exact) mass is 912 g/mol. The van der Waals surface area contributed by atoms with Crippen molar-refractivity contribution in [2.45, 2.75) is 302 Å². The quantitative estimate of drug-likeness (QED) is 0.0321. The molecule has 2 atom stereocenters. The molecule has 380 valence electrons. The lowest BCUT2D eigenvalue weighted by Gasteiger charge is -2.20. The van der Waals surface area contributed by atoms with Gasteiger partial charge in [-0.15, -0.1) is 0 Å². The maximum atomic E-state index is 12.4. The van der Waals surface area contributed by atoms with Gasteiger partial charge in [-0.05, 0) is 77.0 Å². The van der Waals surface area contributed by atoms with E-state index in [2.05, 4.69) is 55.6 Å². The Labute approximate surface area is 404 Å². The van der Waals surface area contributed by atoms with E-state index in [4.69, 9.17) is 4.74 Å². The summed E-state index contributed by atoms with van der Waals surface area (Å²) < 4.78 is 5.40. The highest BCUT2D eigenvalue weighted by molar-refractivity contribution is 5.76. The van der Waals surface area contributed by atoms with E-state index in [9.17, 15) is 19.8 Å². The van der Waals surface area contributed by atoms with Gasteiger partial charge in [0.25, 0.3) is 0 Å². The summed E-state index contributed by atoms with van der Waals surface area (Å²) in [5, 5.41) is 23.1. The van der Waals surface area contributed by atoms with Crippen LogP contribution < -0.4 is 5.32 Å². The van der Waals surface area contributed by atoms with Gasteiger partial charge in [-0.1, -0.05) is 249 Å². The molecule has 6 nitrogen and oxygen atoms in total. The van der Waals surface area contributed by atoms with Gasteiger partial charge in [0.1, 0.15) is 0 Å². The number of allylic oxidation sites excluding steroid dienone is 6. The molecule has 2 unspecified atom stereocenters. The maximum absolute atomic E-state index is 12.4. The molecule has 0 fully saturated rings. The molecule has 0 radical (unpaired) electrons. The minimum absolute atomic E-state index is 0.0457. The van der Waals surface area contributed by atoms with E-state index in [1.165, 1.54) is 212 Å². The Morgan fingerprint density at radius 1 is 0.431 bits per heavy atom. The zero-order valence-corrected chi connectivity index (χ0v) is 43.2. The second-order valence-corrected chi connectivity index (χ2v) is 19.3. The fourth-order valence-electron chi connectivity index (χ4n) is 8.47. The lowest BCUT2D eigenvalue weighted by molar-refractivity contribution is -0.143. The van der Waals surface area contributed by atoms with Crippen LogP contribution in [0.4, 0.5) is 0 Å². The average molecular weight is 913 g/mol. The first-order valence-corrected chi connectivity index (χ1v) is 28.4. The molecule has 3 N–H and O–H groups in total. The van der Waals surface area contributed by atoms with Crippen molar-refractivity contribution in [3.63, 3.8) is 0 Å². The van der Waals surface area contributed by atoms with Gasteiger partial charge in [0.2, 0.25) is 5.91 Å². The highest BCUT2D eigenvalue weighted by Crippen LogP contribution is 2.16. The van der Waals surface area contributed by atoms with Crippen LogP contribution in [0.2, 0.25) is 0 Å². The molecule has 0 aromatic heterocycles. The van der Waals surface area contributed by atoms with Crippen molar-refractivity contribution in [2.24, 2.45) is 0 Å². The fourth-order valence-corrected chi connectivity index (χ4v) is 8.47. The molecule has 0 aliphatic heterocycles. The first-order chi connectivity index (χ1) is 32.0. The molecular weight excluding hydrogens is 803 g/mol. The van der Waals surface area contributed by atoms with Crippen LogP contribution in [-0.2, 0) is 14.3 Å². The van der Waals surface area contributed by atoms with Crippen molar-refractivity contribution in [2.75, 3.05) is 13.2 Å². The summed E-state index contributed by atoms with van der Waals surface area (Å²) in [5.41, 5.74) is 0. The zero-order chi connectivity index (χ0) is 47.2. The Morgan fingerprint density at radius 2 is 0.769 bits per heavy atom. The predicted octanol–water partition coefficient (Wildman–Crippen LogP) is 17.4. The van der Waals surface area contributed by atoms with Crippen molar-refractivity contribution in [1.82, 2.24) is 5.32 Å². The van der Waals surface area contributed by atoms with E-state index in [0.29, 0.717) is 19.4 Å². The topological polar surface area (TPSA) is 95.9 Å². The lowest BCUT2D eigenvalue weighted by Crippen LogP contribution is -2.45. The summed E-state index contributed by atoms with van der Waals surface area (Å²) in [5.74, 6) is -0.119. The Balaban J connectivity index is 3.49. The molecule has 0 rings (SSSR count). The largest absolute Gasteiger partial charge is 0.465 e. The second kappa shape index (κ2) is 54.4. The van der Waals surface area contributed by atoms with Crippen molar-refractivity contribution in [3.8, 4) is 0 Å². The number of esters is 1. The van der Waals surface area contributed by atoms with E-state index in [-0.39, 0.29) is 18.5 Å². The van der Waals surface area contributed by atoms with Crippen LogP contribution in [0.25, 0.3) is 0 Å². The molecule has 0 aromatic rings. The maximum Gasteiger partial charge on any atom is 0.305 e. The number of unbranched alkanes of at least 4 members (excludes halogenated alkanes) is 35. The average Bonchev–Trinajstić information content (AvgIpc) is 3.31. The Morgan fingerprint density at radius 3 is 1.20 bits per heavy atom. The van der Waals surface area contributed by atoms with Crippen molar-refractivity contribution >= 4 is 11.9 Å². The minimum atomic E-state index is -0.848. The van der Waals surface area contributed by atoms with Crippen LogP contribution in [0.1, 0.15) is 290 Å². The zero-order valence-electron chi connectivity index (χ0n) is 43.2. The number of hydrogen-bond acceptors (Lipinski definition) is 5. The summed E-state index contributed by atoms with van der Waals surface area (Å²) in [7, 11) is 0. The van der Waals surface area contributed by atoms with Crippen molar-refractivity contribution in [1.29, 1.82) is 0 Å². The number of carbonyl (C=O) groups excluding carboxylic acids is 2. The van der Waals surface area contributed by atoms with Gasteiger partial charge in [-0.3, -0.25) is 9.59 Å². The highest BCUT2D eigenvalue weighted by Gasteiger charge is 2.18.